The van der Waals surface area contributed by atoms with Crippen LogP contribution in [-0.4, -0.2) is 13.0 Å². The summed E-state index contributed by atoms with van der Waals surface area (Å²) in [6.07, 6.45) is 0. The molecule has 14 heavy (non-hydrogen) atoms. The van der Waals surface area contributed by atoms with Crippen LogP contribution in [0, 0.1) is 0 Å². The van der Waals surface area contributed by atoms with E-state index in [0.29, 0.717) is 14.5 Å². The fraction of sp³-hybridized carbons (Fsp3) is 0.143. The van der Waals surface area contributed by atoms with Crippen molar-refractivity contribution >= 4 is 42.0 Å². The molecule has 7 heteroatoms. The van der Waals surface area contributed by atoms with E-state index in [2.05, 4.69) is 31.9 Å². The second-order valence-electron chi connectivity index (χ2n) is 2.40. The average Bonchev–Trinajstić information content (AvgIpc) is 1.95. The van der Waals surface area contributed by atoms with Gasteiger partial charge in [-0.1, -0.05) is 37.9 Å². The van der Waals surface area contributed by atoms with Crippen molar-refractivity contribution in [2.75, 3.05) is 0 Å². The van der Waals surface area contributed by atoms with Gasteiger partial charge >= 0.3 is 29.6 Å². The molecular weight excluding hydrogens is 347 g/mol. The number of benzene rings is 1. The van der Waals surface area contributed by atoms with Crippen LogP contribution >= 0.6 is 31.9 Å². The van der Waals surface area contributed by atoms with Crippen LogP contribution in [0.2, 0.25) is 0 Å². The summed E-state index contributed by atoms with van der Waals surface area (Å²) in [6, 6.07) is 5.12. The van der Waals surface area contributed by atoms with E-state index < -0.39 is 15.9 Å². The van der Waals surface area contributed by atoms with Gasteiger partial charge in [-0.2, -0.15) is 0 Å². The molecule has 0 aromatic heterocycles. The summed E-state index contributed by atoms with van der Waals surface area (Å²) >= 11 is 6.33. The van der Waals surface area contributed by atoms with Gasteiger partial charge < -0.3 is 4.55 Å². The topological polar surface area (TPSA) is 57.2 Å². The molecular formula is C7H5Br2NaO3S. The van der Waals surface area contributed by atoms with Gasteiger partial charge in [0.05, 0.1) is 15.9 Å². The predicted octanol–water partition coefficient (Wildman–Crippen LogP) is -0.739. The van der Waals surface area contributed by atoms with Crippen molar-refractivity contribution in [1.29, 1.82) is 0 Å². The Labute approximate surface area is 122 Å². The standard InChI is InChI=1S/C7H6Br2O3S.Na/c8-6-2-1-3-7(9)5(6)4-13(10,11)12;/h1-3H,4H2,(H,10,11,12);/q;+1/p-1. The first-order valence-electron chi connectivity index (χ1n) is 3.26. The van der Waals surface area contributed by atoms with Gasteiger partial charge in [-0.25, -0.2) is 8.42 Å². The molecule has 0 N–H and O–H groups in total. The van der Waals surface area contributed by atoms with Gasteiger partial charge in [-0.15, -0.1) is 0 Å². The monoisotopic (exact) mass is 350 g/mol. The first kappa shape index (κ1) is 15.1. The number of halogens is 2. The van der Waals surface area contributed by atoms with Gasteiger partial charge in [0, 0.05) is 8.95 Å². The van der Waals surface area contributed by atoms with E-state index in [0.717, 1.165) is 0 Å². The van der Waals surface area contributed by atoms with Crippen molar-refractivity contribution in [3.8, 4) is 0 Å². The molecule has 3 nitrogen and oxygen atoms in total. The second kappa shape index (κ2) is 5.98. The molecule has 0 amide bonds. The molecule has 0 atom stereocenters. The van der Waals surface area contributed by atoms with Crippen molar-refractivity contribution in [2.45, 2.75) is 5.75 Å². The van der Waals surface area contributed by atoms with Crippen molar-refractivity contribution in [3.05, 3.63) is 32.7 Å². The molecule has 0 aliphatic rings. The second-order valence-corrected chi connectivity index (χ2v) is 5.51. The van der Waals surface area contributed by atoms with Gasteiger partial charge in [0.1, 0.15) is 0 Å². The molecule has 0 fully saturated rings. The van der Waals surface area contributed by atoms with Crippen molar-refractivity contribution in [2.24, 2.45) is 0 Å². The molecule has 0 saturated carbocycles. The van der Waals surface area contributed by atoms with Crippen LogP contribution in [0.25, 0.3) is 0 Å². The van der Waals surface area contributed by atoms with E-state index >= 15 is 0 Å². The molecule has 0 unspecified atom stereocenters. The smallest absolute Gasteiger partial charge is 0.748 e. The van der Waals surface area contributed by atoms with Crippen LogP contribution in [-0.2, 0) is 15.9 Å². The Kier molecular flexibility index (Phi) is 6.45. The molecule has 1 aromatic rings. The number of hydrogen-bond donors (Lipinski definition) is 0. The normalized spacial score (nSPS) is 10.8. The Morgan fingerprint density at radius 3 is 2.00 bits per heavy atom. The summed E-state index contributed by atoms with van der Waals surface area (Å²) < 4.78 is 32.7. The molecule has 0 saturated heterocycles. The molecule has 0 aliphatic carbocycles. The minimum Gasteiger partial charge on any atom is -0.748 e. The largest absolute Gasteiger partial charge is 1.00 e. The summed E-state index contributed by atoms with van der Waals surface area (Å²) in [5.41, 5.74) is 0.456. The van der Waals surface area contributed by atoms with Crippen molar-refractivity contribution < 1.29 is 42.5 Å². The first-order valence-corrected chi connectivity index (χ1v) is 6.43. The van der Waals surface area contributed by atoms with E-state index in [4.69, 9.17) is 0 Å². The van der Waals surface area contributed by atoms with Crippen LogP contribution in [0.15, 0.2) is 27.1 Å². The molecule has 0 spiro atoms. The first-order chi connectivity index (χ1) is 5.90. The summed E-state index contributed by atoms with van der Waals surface area (Å²) in [6.45, 7) is 0. The summed E-state index contributed by atoms with van der Waals surface area (Å²) in [4.78, 5) is 0. The molecule has 72 valence electrons. The van der Waals surface area contributed by atoms with Crippen LogP contribution in [0.3, 0.4) is 0 Å². The number of rotatable bonds is 2. The van der Waals surface area contributed by atoms with Crippen LogP contribution < -0.4 is 29.6 Å². The SMILES string of the molecule is O=S(=O)([O-])Cc1c(Br)cccc1Br.[Na+]. The Bertz CT molecular complexity index is 399. The minimum absolute atomic E-state index is 0. The molecule has 0 aliphatic heterocycles. The number of hydrogen-bond acceptors (Lipinski definition) is 3. The van der Waals surface area contributed by atoms with Gasteiger partial charge in [0.2, 0.25) is 0 Å². The Hall–Kier alpha value is 1.09. The maximum Gasteiger partial charge on any atom is 1.00 e. The molecule has 0 heterocycles. The van der Waals surface area contributed by atoms with Gasteiger partial charge in [-0.3, -0.25) is 0 Å². The molecule has 0 radical (unpaired) electrons. The van der Waals surface area contributed by atoms with Crippen molar-refractivity contribution in [3.63, 3.8) is 0 Å². The maximum absolute atomic E-state index is 10.5. The van der Waals surface area contributed by atoms with E-state index in [1.54, 1.807) is 18.2 Å². The van der Waals surface area contributed by atoms with Gasteiger partial charge in [0.15, 0.2) is 0 Å². The third kappa shape index (κ3) is 4.74. The van der Waals surface area contributed by atoms with Crippen LogP contribution in [0.5, 0.6) is 0 Å². The maximum atomic E-state index is 10.5. The Morgan fingerprint density at radius 2 is 1.64 bits per heavy atom. The zero-order valence-corrected chi connectivity index (χ0v) is 13.3. The average molecular weight is 352 g/mol. The van der Waals surface area contributed by atoms with Crippen LogP contribution in [0.1, 0.15) is 5.56 Å². The van der Waals surface area contributed by atoms with Gasteiger partial charge in [-0.05, 0) is 17.7 Å². The summed E-state index contributed by atoms with van der Waals surface area (Å²) in [5.74, 6) is -0.505. The fourth-order valence-electron chi connectivity index (χ4n) is 0.847. The third-order valence-electron chi connectivity index (χ3n) is 1.38. The molecule has 1 rings (SSSR count). The minimum atomic E-state index is -4.23. The van der Waals surface area contributed by atoms with E-state index in [1.807, 2.05) is 0 Å². The Morgan fingerprint density at radius 1 is 1.21 bits per heavy atom. The third-order valence-corrected chi connectivity index (χ3v) is 3.51. The van der Waals surface area contributed by atoms with Crippen molar-refractivity contribution in [1.82, 2.24) is 0 Å². The predicted molar refractivity (Wildman–Crippen MR) is 55.2 cm³/mol. The summed E-state index contributed by atoms with van der Waals surface area (Å²) in [5, 5.41) is 0. The zero-order chi connectivity index (χ0) is 10.1. The molecule has 0 bridgehead atoms. The van der Waals surface area contributed by atoms with Crippen LogP contribution in [0.4, 0.5) is 0 Å². The fourth-order valence-corrected chi connectivity index (χ4v) is 3.16. The summed E-state index contributed by atoms with van der Waals surface area (Å²) in [7, 11) is -4.23. The van der Waals surface area contributed by atoms with E-state index in [1.165, 1.54) is 0 Å². The molecule has 1 aromatic carbocycles. The van der Waals surface area contributed by atoms with Gasteiger partial charge in [0.25, 0.3) is 0 Å². The zero-order valence-electron chi connectivity index (χ0n) is 7.33. The quantitative estimate of drug-likeness (QED) is 0.521. The van der Waals surface area contributed by atoms with E-state index in [-0.39, 0.29) is 29.6 Å². The van der Waals surface area contributed by atoms with E-state index in [9.17, 15) is 13.0 Å². The Balaban J connectivity index is 0.00000169.